The Labute approximate surface area is 115 Å². The Morgan fingerprint density at radius 1 is 1.28 bits per heavy atom. The van der Waals surface area contributed by atoms with E-state index in [2.05, 4.69) is 24.4 Å². The number of nitrogens with one attached hydrogen (secondary N) is 2. The van der Waals surface area contributed by atoms with E-state index in [4.69, 9.17) is 0 Å². The lowest BCUT2D eigenvalue weighted by molar-refractivity contribution is 1.16. The number of hydrogen-bond acceptors (Lipinski definition) is 7. The number of aromatic nitrogens is 3. The summed E-state index contributed by atoms with van der Waals surface area (Å²) in [5.41, 5.74) is 1.12. The highest BCUT2D eigenvalue weighted by Gasteiger charge is 2.04. The molecule has 2 N–H and O–H groups in total. The molecule has 2 aromatic heterocycles. The van der Waals surface area contributed by atoms with Crippen LogP contribution in [0.15, 0.2) is 24.4 Å². The third-order valence-electron chi connectivity index (χ3n) is 2.24. The second-order valence-corrected chi connectivity index (χ2v) is 5.15. The fourth-order valence-corrected chi connectivity index (χ4v) is 2.67. The molecule has 2 aromatic rings. The van der Waals surface area contributed by atoms with Gasteiger partial charge in [0.25, 0.3) is 0 Å². The molecule has 0 bridgehead atoms. The van der Waals surface area contributed by atoms with Crippen molar-refractivity contribution in [1.29, 1.82) is 0 Å². The fourth-order valence-electron chi connectivity index (χ4n) is 1.37. The molecule has 0 spiro atoms. The Balaban J connectivity index is 1.65. The summed E-state index contributed by atoms with van der Waals surface area (Å²) >= 11 is 3.06. The molecule has 0 radical (unpaired) electrons. The van der Waals surface area contributed by atoms with Gasteiger partial charge in [-0.15, -0.1) is 0 Å². The number of pyridine rings is 1. The number of thioether (sulfide) groups is 1. The summed E-state index contributed by atoms with van der Waals surface area (Å²) in [5.74, 6) is 3.60. The third-order valence-corrected chi connectivity index (χ3v) is 3.76. The maximum Gasteiger partial charge on any atom is 0.184 e. The maximum atomic E-state index is 4.28. The topological polar surface area (TPSA) is 62.7 Å². The highest BCUT2D eigenvalue weighted by Crippen LogP contribution is 2.17. The highest BCUT2D eigenvalue weighted by atomic mass is 32.2. The third kappa shape index (κ3) is 3.85. The van der Waals surface area contributed by atoms with Gasteiger partial charge in [-0.25, -0.2) is 0 Å². The molecule has 0 unspecified atom stereocenters. The van der Waals surface area contributed by atoms with E-state index in [1.165, 1.54) is 11.7 Å². The minimum Gasteiger partial charge on any atom is -0.369 e. The van der Waals surface area contributed by atoms with Gasteiger partial charge in [-0.3, -0.25) is 4.98 Å². The van der Waals surface area contributed by atoms with Crippen LogP contribution in [0.2, 0.25) is 0 Å². The van der Waals surface area contributed by atoms with Gasteiger partial charge in [-0.1, -0.05) is 6.07 Å². The van der Waals surface area contributed by atoms with Crippen LogP contribution in [-0.2, 0) is 5.75 Å². The van der Waals surface area contributed by atoms with Crippen LogP contribution in [0.3, 0.4) is 0 Å². The van der Waals surface area contributed by atoms with Gasteiger partial charge in [0.15, 0.2) is 11.6 Å². The summed E-state index contributed by atoms with van der Waals surface area (Å²) in [6.45, 7) is 0.873. The van der Waals surface area contributed by atoms with Crippen LogP contribution in [0.25, 0.3) is 0 Å². The monoisotopic (exact) mass is 281 g/mol. The minimum atomic E-state index is 0.815. The molecule has 2 heterocycles. The van der Waals surface area contributed by atoms with Crippen LogP contribution >= 0.6 is 23.5 Å². The van der Waals surface area contributed by atoms with Crippen molar-refractivity contribution in [3.8, 4) is 0 Å². The first-order valence-electron chi connectivity index (χ1n) is 5.62. The van der Waals surface area contributed by atoms with Crippen molar-refractivity contribution in [2.24, 2.45) is 0 Å². The van der Waals surface area contributed by atoms with Gasteiger partial charge in [0.2, 0.25) is 0 Å². The largest absolute Gasteiger partial charge is 0.369 e. The molecule has 0 fully saturated rings. The lowest BCUT2D eigenvalue weighted by atomic mass is 10.4. The zero-order valence-electron chi connectivity index (χ0n) is 10.1. The number of anilines is 2. The Bertz CT molecular complexity index is 459. The quantitative estimate of drug-likeness (QED) is 0.759. The average molecular weight is 281 g/mol. The van der Waals surface area contributed by atoms with Crippen LogP contribution < -0.4 is 10.6 Å². The Morgan fingerprint density at radius 3 is 2.94 bits per heavy atom. The molecule has 5 nitrogen and oxygen atoms in total. The standard InChI is InChI=1S/C11H15N5S2/c1-12-10-11(16-18-15-10)14-6-7-17-8-9-4-2-3-5-13-9/h2-5H,6-8H2,1H3,(H,12,15)(H,14,16). The molecule has 0 saturated heterocycles. The van der Waals surface area contributed by atoms with Crippen molar-refractivity contribution in [2.75, 3.05) is 30.0 Å². The molecule has 0 aliphatic carbocycles. The first-order chi connectivity index (χ1) is 8.90. The predicted molar refractivity (Wildman–Crippen MR) is 78.3 cm³/mol. The van der Waals surface area contributed by atoms with E-state index in [0.717, 1.165) is 35.4 Å². The predicted octanol–water partition coefficient (Wildman–Crippen LogP) is 2.32. The van der Waals surface area contributed by atoms with Crippen molar-refractivity contribution in [1.82, 2.24) is 13.7 Å². The molecule has 2 rings (SSSR count). The van der Waals surface area contributed by atoms with E-state index >= 15 is 0 Å². The summed E-state index contributed by atoms with van der Waals surface area (Å²) in [4.78, 5) is 4.28. The number of hydrogen-bond donors (Lipinski definition) is 2. The minimum absolute atomic E-state index is 0.815. The molecule has 0 amide bonds. The molecule has 0 atom stereocenters. The average Bonchev–Trinajstić information content (AvgIpc) is 2.87. The summed E-state index contributed by atoms with van der Waals surface area (Å²) in [5, 5.41) is 6.26. The van der Waals surface area contributed by atoms with Gasteiger partial charge in [0.1, 0.15) is 0 Å². The Hall–Kier alpha value is -1.34. The normalized spacial score (nSPS) is 10.3. The zero-order valence-corrected chi connectivity index (χ0v) is 11.7. The van der Waals surface area contributed by atoms with E-state index < -0.39 is 0 Å². The molecule has 96 valence electrons. The van der Waals surface area contributed by atoms with Crippen molar-refractivity contribution >= 4 is 35.1 Å². The lowest BCUT2D eigenvalue weighted by Crippen LogP contribution is -2.06. The van der Waals surface area contributed by atoms with Gasteiger partial charge in [-0.05, 0) is 12.1 Å². The summed E-state index contributed by atoms with van der Waals surface area (Å²) in [7, 11) is 1.84. The lowest BCUT2D eigenvalue weighted by Gasteiger charge is -2.04. The second kappa shape index (κ2) is 7.17. The fraction of sp³-hybridized carbons (Fsp3) is 0.364. The molecule has 7 heteroatoms. The van der Waals surface area contributed by atoms with Crippen molar-refractivity contribution < 1.29 is 0 Å². The van der Waals surface area contributed by atoms with E-state index in [-0.39, 0.29) is 0 Å². The van der Waals surface area contributed by atoms with E-state index in [1.807, 2.05) is 43.2 Å². The van der Waals surface area contributed by atoms with E-state index in [1.54, 1.807) is 0 Å². The van der Waals surface area contributed by atoms with E-state index in [0.29, 0.717) is 0 Å². The first kappa shape index (κ1) is 13.1. The first-order valence-corrected chi connectivity index (χ1v) is 7.50. The van der Waals surface area contributed by atoms with Crippen molar-refractivity contribution in [3.63, 3.8) is 0 Å². The SMILES string of the molecule is CNc1nsnc1NCCSCc1ccccn1. The molecule has 0 aromatic carbocycles. The molecule has 18 heavy (non-hydrogen) atoms. The smallest absolute Gasteiger partial charge is 0.184 e. The summed E-state index contributed by atoms with van der Waals surface area (Å²) < 4.78 is 8.30. The zero-order chi connectivity index (χ0) is 12.6. The Morgan fingerprint density at radius 2 is 2.17 bits per heavy atom. The molecular weight excluding hydrogens is 266 g/mol. The van der Waals surface area contributed by atoms with Gasteiger partial charge in [0, 0.05) is 31.3 Å². The molecule has 0 aliphatic heterocycles. The van der Waals surface area contributed by atoms with Crippen LogP contribution in [0, 0.1) is 0 Å². The van der Waals surface area contributed by atoms with E-state index in [9.17, 15) is 0 Å². The van der Waals surface area contributed by atoms with Crippen LogP contribution in [-0.4, -0.2) is 33.1 Å². The second-order valence-electron chi connectivity index (χ2n) is 3.51. The highest BCUT2D eigenvalue weighted by molar-refractivity contribution is 7.98. The number of nitrogens with zero attached hydrogens (tertiary/aromatic N) is 3. The summed E-state index contributed by atoms with van der Waals surface area (Å²) in [6, 6.07) is 6.00. The molecular formula is C11H15N5S2. The van der Waals surface area contributed by atoms with Crippen molar-refractivity contribution in [3.05, 3.63) is 30.1 Å². The molecule has 0 saturated carbocycles. The maximum absolute atomic E-state index is 4.28. The van der Waals surface area contributed by atoms with Crippen LogP contribution in [0.1, 0.15) is 5.69 Å². The van der Waals surface area contributed by atoms with Gasteiger partial charge in [0.05, 0.1) is 17.4 Å². The summed E-state index contributed by atoms with van der Waals surface area (Å²) in [6.07, 6.45) is 1.83. The van der Waals surface area contributed by atoms with Crippen LogP contribution in [0.5, 0.6) is 0 Å². The molecule has 0 aliphatic rings. The van der Waals surface area contributed by atoms with Gasteiger partial charge in [-0.2, -0.15) is 20.5 Å². The van der Waals surface area contributed by atoms with Crippen molar-refractivity contribution in [2.45, 2.75) is 5.75 Å². The van der Waals surface area contributed by atoms with Crippen LogP contribution in [0.4, 0.5) is 11.6 Å². The number of rotatable bonds is 7. The van der Waals surface area contributed by atoms with Gasteiger partial charge >= 0.3 is 0 Å². The van der Waals surface area contributed by atoms with Gasteiger partial charge < -0.3 is 10.6 Å². The Kier molecular flexibility index (Phi) is 5.22.